The van der Waals surface area contributed by atoms with Gasteiger partial charge in [0.25, 0.3) is 0 Å². The lowest BCUT2D eigenvalue weighted by molar-refractivity contribution is 0.0692. The van der Waals surface area contributed by atoms with Crippen molar-refractivity contribution in [1.29, 1.82) is 0 Å². The Kier molecular flexibility index (Phi) is 6.14. The third kappa shape index (κ3) is 4.96. The van der Waals surface area contributed by atoms with Crippen molar-refractivity contribution in [1.82, 2.24) is 10.2 Å². The van der Waals surface area contributed by atoms with Crippen LogP contribution in [0.1, 0.15) is 66.7 Å². The SMILES string of the molecule is CCNC1CCC(C(C)C)CC1CN1CCCC(C)(C)C1. The summed E-state index contributed by atoms with van der Waals surface area (Å²) in [6.45, 7) is 17.1. The molecule has 2 heteroatoms. The molecule has 0 spiro atoms. The second-order valence-corrected chi connectivity index (χ2v) is 8.74. The molecule has 1 N–H and O–H groups in total. The molecule has 0 aromatic carbocycles. The Morgan fingerprint density at radius 1 is 1.24 bits per heavy atom. The third-order valence-corrected chi connectivity index (χ3v) is 5.90. The fourth-order valence-electron chi connectivity index (χ4n) is 4.67. The Morgan fingerprint density at radius 2 is 2.00 bits per heavy atom. The summed E-state index contributed by atoms with van der Waals surface area (Å²) in [5, 5.41) is 3.78. The maximum absolute atomic E-state index is 3.78. The zero-order chi connectivity index (χ0) is 15.5. The van der Waals surface area contributed by atoms with Crippen LogP contribution in [0, 0.1) is 23.2 Å². The fourth-order valence-corrected chi connectivity index (χ4v) is 4.67. The van der Waals surface area contributed by atoms with Gasteiger partial charge in [0, 0.05) is 19.1 Å². The molecule has 2 fully saturated rings. The van der Waals surface area contributed by atoms with Crippen LogP contribution in [-0.4, -0.2) is 37.1 Å². The quantitative estimate of drug-likeness (QED) is 0.819. The maximum Gasteiger partial charge on any atom is 0.0108 e. The Hall–Kier alpha value is -0.0800. The number of hydrogen-bond acceptors (Lipinski definition) is 2. The number of likely N-dealkylation sites (tertiary alicyclic amines) is 1. The first kappa shape index (κ1) is 17.3. The Morgan fingerprint density at radius 3 is 2.62 bits per heavy atom. The number of hydrogen-bond donors (Lipinski definition) is 1. The highest BCUT2D eigenvalue weighted by molar-refractivity contribution is 4.89. The van der Waals surface area contributed by atoms with Gasteiger partial charge < -0.3 is 10.2 Å². The fraction of sp³-hybridized carbons (Fsp3) is 1.00. The van der Waals surface area contributed by atoms with Gasteiger partial charge in [-0.1, -0.05) is 34.6 Å². The highest BCUT2D eigenvalue weighted by Crippen LogP contribution is 2.36. The summed E-state index contributed by atoms with van der Waals surface area (Å²) in [6.07, 6.45) is 7.04. The molecular weight excluding hydrogens is 256 g/mol. The monoisotopic (exact) mass is 294 g/mol. The van der Waals surface area contributed by atoms with Gasteiger partial charge in [-0.3, -0.25) is 0 Å². The summed E-state index contributed by atoms with van der Waals surface area (Å²) >= 11 is 0. The van der Waals surface area contributed by atoms with Crippen molar-refractivity contribution in [3.8, 4) is 0 Å². The molecule has 0 bridgehead atoms. The van der Waals surface area contributed by atoms with E-state index in [1.54, 1.807) is 0 Å². The molecule has 0 aromatic rings. The molecule has 0 amide bonds. The highest BCUT2D eigenvalue weighted by atomic mass is 15.1. The largest absolute Gasteiger partial charge is 0.314 e. The molecule has 1 heterocycles. The van der Waals surface area contributed by atoms with Crippen molar-refractivity contribution in [3.05, 3.63) is 0 Å². The van der Waals surface area contributed by atoms with Crippen LogP contribution in [0.3, 0.4) is 0 Å². The van der Waals surface area contributed by atoms with Gasteiger partial charge in [0.05, 0.1) is 0 Å². The van der Waals surface area contributed by atoms with Crippen LogP contribution in [0.2, 0.25) is 0 Å². The molecule has 1 saturated carbocycles. The van der Waals surface area contributed by atoms with E-state index in [2.05, 4.69) is 44.8 Å². The number of rotatable bonds is 5. The molecule has 1 aliphatic heterocycles. The minimum absolute atomic E-state index is 0.526. The van der Waals surface area contributed by atoms with Crippen molar-refractivity contribution in [3.63, 3.8) is 0 Å². The van der Waals surface area contributed by atoms with E-state index < -0.39 is 0 Å². The lowest BCUT2D eigenvalue weighted by atomic mass is 9.73. The molecule has 2 nitrogen and oxygen atoms in total. The van der Waals surface area contributed by atoms with E-state index in [1.807, 2.05) is 0 Å². The van der Waals surface area contributed by atoms with Crippen LogP contribution in [-0.2, 0) is 0 Å². The molecule has 2 rings (SSSR count). The topological polar surface area (TPSA) is 15.3 Å². The van der Waals surface area contributed by atoms with E-state index in [1.165, 1.54) is 51.7 Å². The zero-order valence-corrected chi connectivity index (χ0v) is 15.1. The lowest BCUT2D eigenvalue weighted by Gasteiger charge is -2.44. The first-order valence-corrected chi connectivity index (χ1v) is 9.37. The smallest absolute Gasteiger partial charge is 0.0108 e. The summed E-state index contributed by atoms with van der Waals surface area (Å²) in [7, 11) is 0. The standard InChI is InChI=1S/C19H38N2/c1-6-20-18-9-8-16(15(2)3)12-17(18)13-21-11-7-10-19(4,5)14-21/h15-18,20H,6-14H2,1-5H3. The van der Waals surface area contributed by atoms with Gasteiger partial charge in [-0.25, -0.2) is 0 Å². The van der Waals surface area contributed by atoms with Gasteiger partial charge in [0.15, 0.2) is 0 Å². The molecule has 0 radical (unpaired) electrons. The number of nitrogens with zero attached hydrogens (tertiary/aromatic N) is 1. The molecule has 3 atom stereocenters. The Balaban J connectivity index is 1.95. The van der Waals surface area contributed by atoms with E-state index in [9.17, 15) is 0 Å². The summed E-state index contributed by atoms with van der Waals surface area (Å²) in [5.74, 6) is 2.66. The maximum atomic E-state index is 3.78. The predicted octanol–water partition coefficient (Wildman–Crippen LogP) is 4.16. The molecule has 1 saturated heterocycles. The van der Waals surface area contributed by atoms with Gasteiger partial charge in [0.2, 0.25) is 0 Å². The van der Waals surface area contributed by atoms with E-state index in [0.717, 1.165) is 30.3 Å². The Labute approximate surface area is 133 Å². The normalized spacial score (nSPS) is 34.3. The predicted molar refractivity (Wildman–Crippen MR) is 92.6 cm³/mol. The van der Waals surface area contributed by atoms with Gasteiger partial charge in [-0.05, 0) is 68.4 Å². The minimum atomic E-state index is 0.526. The summed E-state index contributed by atoms with van der Waals surface area (Å²) in [6, 6.07) is 0.759. The summed E-state index contributed by atoms with van der Waals surface area (Å²) < 4.78 is 0. The van der Waals surface area contributed by atoms with Gasteiger partial charge in [0.1, 0.15) is 0 Å². The summed E-state index contributed by atoms with van der Waals surface area (Å²) in [4.78, 5) is 2.77. The first-order chi connectivity index (χ1) is 9.91. The van der Waals surface area contributed by atoms with Gasteiger partial charge in [-0.15, -0.1) is 0 Å². The van der Waals surface area contributed by atoms with Crippen molar-refractivity contribution in [2.75, 3.05) is 26.2 Å². The molecule has 3 unspecified atom stereocenters. The average molecular weight is 295 g/mol. The van der Waals surface area contributed by atoms with Gasteiger partial charge >= 0.3 is 0 Å². The van der Waals surface area contributed by atoms with Crippen molar-refractivity contribution in [2.24, 2.45) is 23.2 Å². The molecule has 2 aliphatic rings. The van der Waals surface area contributed by atoms with Gasteiger partial charge in [-0.2, -0.15) is 0 Å². The summed E-state index contributed by atoms with van der Waals surface area (Å²) in [5.41, 5.74) is 0.526. The number of piperidine rings is 1. The van der Waals surface area contributed by atoms with Crippen LogP contribution in [0.5, 0.6) is 0 Å². The molecule has 0 aromatic heterocycles. The second-order valence-electron chi connectivity index (χ2n) is 8.74. The van der Waals surface area contributed by atoms with E-state index >= 15 is 0 Å². The van der Waals surface area contributed by atoms with E-state index in [0.29, 0.717) is 5.41 Å². The van der Waals surface area contributed by atoms with Crippen LogP contribution in [0.25, 0.3) is 0 Å². The number of nitrogens with one attached hydrogen (secondary N) is 1. The van der Waals surface area contributed by atoms with Crippen LogP contribution in [0.4, 0.5) is 0 Å². The third-order valence-electron chi connectivity index (χ3n) is 5.90. The molecule has 1 aliphatic carbocycles. The van der Waals surface area contributed by atoms with Crippen LogP contribution in [0.15, 0.2) is 0 Å². The molecule has 124 valence electrons. The van der Waals surface area contributed by atoms with E-state index in [4.69, 9.17) is 0 Å². The van der Waals surface area contributed by atoms with Crippen molar-refractivity contribution in [2.45, 2.75) is 72.8 Å². The second kappa shape index (κ2) is 7.46. The highest BCUT2D eigenvalue weighted by Gasteiger charge is 2.34. The van der Waals surface area contributed by atoms with Crippen LogP contribution >= 0.6 is 0 Å². The van der Waals surface area contributed by atoms with Crippen LogP contribution < -0.4 is 5.32 Å². The van der Waals surface area contributed by atoms with Crippen molar-refractivity contribution < 1.29 is 0 Å². The van der Waals surface area contributed by atoms with E-state index in [-0.39, 0.29) is 0 Å². The molecule has 21 heavy (non-hydrogen) atoms. The first-order valence-electron chi connectivity index (χ1n) is 9.37. The Bertz CT molecular complexity index is 311. The van der Waals surface area contributed by atoms with Crippen molar-refractivity contribution >= 4 is 0 Å². The average Bonchev–Trinajstić information content (AvgIpc) is 2.39. The molecular formula is C19H38N2. The lowest BCUT2D eigenvalue weighted by Crippen LogP contribution is -2.49. The minimum Gasteiger partial charge on any atom is -0.314 e. The zero-order valence-electron chi connectivity index (χ0n) is 15.1.